The maximum absolute atomic E-state index is 4.09. The molecule has 1 aromatic rings. The van der Waals surface area contributed by atoms with E-state index in [4.69, 9.17) is 0 Å². The molecule has 0 saturated carbocycles. The summed E-state index contributed by atoms with van der Waals surface area (Å²) in [6, 6.07) is 0. The van der Waals surface area contributed by atoms with Crippen LogP contribution in [0.3, 0.4) is 0 Å². The van der Waals surface area contributed by atoms with Gasteiger partial charge < -0.3 is 4.57 Å². The van der Waals surface area contributed by atoms with E-state index in [0.29, 0.717) is 5.41 Å². The molecule has 0 aliphatic carbocycles. The molecule has 68 valence electrons. The molecule has 0 bridgehead atoms. The molecular formula is C10H18N2. The molecule has 0 aliphatic heterocycles. The van der Waals surface area contributed by atoms with Crippen LogP contribution in [0.25, 0.3) is 0 Å². The first-order chi connectivity index (χ1) is 5.49. The third-order valence-corrected chi connectivity index (χ3v) is 2.05. The van der Waals surface area contributed by atoms with Gasteiger partial charge >= 0.3 is 0 Å². The van der Waals surface area contributed by atoms with Crippen LogP contribution in [-0.4, -0.2) is 9.55 Å². The van der Waals surface area contributed by atoms with Crippen molar-refractivity contribution in [3.05, 3.63) is 18.2 Å². The average Bonchev–Trinajstić information content (AvgIpc) is 2.29. The van der Waals surface area contributed by atoms with Crippen molar-refractivity contribution in [2.24, 2.45) is 12.5 Å². The lowest BCUT2D eigenvalue weighted by Crippen LogP contribution is -2.07. The van der Waals surface area contributed by atoms with Crippen LogP contribution in [-0.2, 0) is 13.5 Å². The van der Waals surface area contributed by atoms with Gasteiger partial charge in [-0.15, -0.1) is 0 Å². The molecule has 1 heterocycles. The van der Waals surface area contributed by atoms with Crippen molar-refractivity contribution < 1.29 is 0 Å². The Morgan fingerprint density at radius 3 is 2.50 bits per heavy atom. The first kappa shape index (κ1) is 9.30. The SMILES string of the molecule is Cn1cncc1CCC(C)(C)C. The van der Waals surface area contributed by atoms with Crippen LogP contribution in [0.15, 0.2) is 12.5 Å². The Labute approximate surface area is 74.6 Å². The normalized spacial score (nSPS) is 12.0. The van der Waals surface area contributed by atoms with Gasteiger partial charge in [0.1, 0.15) is 0 Å². The Hall–Kier alpha value is -0.790. The quantitative estimate of drug-likeness (QED) is 0.659. The molecule has 0 spiro atoms. The van der Waals surface area contributed by atoms with Crippen LogP contribution >= 0.6 is 0 Å². The summed E-state index contributed by atoms with van der Waals surface area (Å²) >= 11 is 0. The maximum Gasteiger partial charge on any atom is 0.0945 e. The summed E-state index contributed by atoms with van der Waals surface area (Å²) in [5.74, 6) is 0. The molecule has 2 heteroatoms. The summed E-state index contributed by atoms with van der Waals surface area (Å²) in [4.78, 5) is 4.09. The zero-order valence-electron chi connectivity index (χ0n) is 8.46. The van der Waals surface area contributed by atoms with Gasteiger partial charge in [0.05, 0.1) is 6.33 Å². The van der Waals surface area contributed by atoms with Crippen LogP contribution in [0.4, 0.5) is 0 Å². The van der Waals surface area contributed by atoms with Gasteiger partial charge in [0.2, 0.25) is 0 Å². The number of hydrogen-bond donors (Lipinski definition) is 0. The van der Waals surface area contributed by atoms with Crippen molar-refractivity contribution in [2.45, 2.75) is 33.6 Å². The molecule has 12 heavy (non-hydrogen) atoms. The molecule has 1 rings (SSSR count). The van der Waals surface area contributed by atoms with Crippen molar-refractivity contribution in [3.63, 3.8) is 0 Å². The fourth-order valence-corrected chi connectivity index (χ4v) is 1.13. The summed E-state index contributed by atoms with van der Waals surface area (Å²) in [6.07, 6.45) is 6.15. The molecule has 0 radical (unpaired) electrons. The minimum atomic E-state index is 0.421. The molecule has 0 amide bonds. The molecule has 0 saturated heterocycles. The Balaban J connectivity index is 2.49. The van der Waals surface area contributed by atoms with Gasteiger partial charge in [0.15, 0.2) is 0 Å². The zero-order valence-corrected chi connectivity index (χ0v) is 8.46. The summed E-state index contributed by atoms with van der Waals surface area (Å²) in [5, 5.41) is 0. The van der Waals surface area contributed by atoms with E-state index in [-0.39, 0.29) is 0 Å². The van der Waals surface area contributed by atoms with Crippen LogP contribution in [0.1, 0.15) is 32.9 Å². The van der Waals surface area contributed by atoms with E-state index in [1.54, 1.807) is 0 Å². The Kier molecular flexibility index (Phi) is 2.55. The van der Waals surface area contributed by atoms with E-state index in [0.717, 1.165) is 6.42 Å². The molecule has 0 atom stereocenters. The van der Waals surface area contributed by atoms with E-state index >= 15 is 0 Å². The topological polar surface area (TPSA) is 17.8 Å². The largest absolute Gasteiger partial charge is 0.338 e. The Morgan fingerprint density at radius 2 is 2.08 bits per heavy atom. The highest BCUT2D eigenvalue weighted by Gasteiger charge is 2.10. The van der Waals surface area contributed by atoms with Gasteiger partial charge in [0.25, 0.3) is 0 Å². The molecule has 0 N–H and O–H groups in total. The van der Waals surface area contributed by atoms with Crippen LogP contribution in [0.5, 0.6) is 0 Å². The van der Waals surface area contributed by atoms with E-state index in [2.05, 4.69) is 30.3 Å². The summed E-state index contributed by atoms with van der Waals surface area (Å²) in [5.41, 5.74) is 1.74. The second kappa shape index (κ2) is 3.30. The van der Waals surface area contributed by atoms with E-state index in [9.17, 15) is 0 Å². The average molecular weight is 166 g/mol. The monoisotopic (exact) mass is 166 g/mol. The Morgan fingerprint density at radius 1 is 1.42 bits per heavy atom. The molecule has 0 fully saturated rings. The highest BCUT2D eigenvalue weighted by molar-refractivity contribution is 4.97. The number of rotatable bonds is 2. The van der Waals surface area contributed by atoms with Crippen LogP contribution in [0.2, 0.25) is 0 Å². The highest BCUT2D eigenvalue weighted by Crippen LogP contribution is 2.20. The molecular weight excluding hydrogens is 148 g/mol. The lowest BCUT2D eigenvalue weighted by molar-refractivity contribution is 0.375. The molecule has 0 aromatic carbocycles. The van der Waals surface area contributed by atoms with Gasteiger partial charge in [-0.2, -0.15) is 0 Å². The highest BCUT2D eigenvalue weighted by atomic mass is 15.0. The number of imidazole rings is 1. The van der Waals surface area contributed by atoms with E-state index in [1.807, 2.05) is 19.6 Å². The fraction of sp³-hybridized carbons (Fsp3) is 0.700. The molecule has 2 nitrogen and oxygen atoms in total. The van der Waals surface area contributed by atoms with Gasteiger partial charge in [0, 0.05) is 18.9 Å². The minimum Gasteiger partial charge on any atom is -0.338 e. The third-order valence-electron chi connectivity index (χ3n) is 2.05. The van der Waals surface area contributed by atoms with Crippen LogP contribution < -0.4 is 0 Å². The van der Waals surface area contributed by atoms with Gasteiger partial charge in [-0.05, 0) is 18.3 Å². The third kappa shape index (κ3) is 2.68. The van der Waals surface area contributed by atoms with Crippen molar-refractivity contribution in [1.82, 2.24) is 9.55 Å². The second-order valence-electron chi connectivity index (χ2n) is 4.56. The van der Waals surface area contributed by atoms with E-state index < -0.39 is 0 Å². The van der Waals surface area contributed by atoms with Crippen molar-refractivity contribution in [1.29, 1.82) is 0 Å². The predicted molar refractivity (Wildman–Crippen MR) is 51.0 cm³/mol. The zero-order chi connectivity index (χ0) is 9.19. The maximum atomic E-state index is 4.09. The van der Waals surface area contributed by atoms with Crippen molar-refractivity contribution >= 4 is 0 Å². The van der Waals surface area contributed by atoms with Gasteiger partial charge in [-0.25, -0.2) is 4.98 Å². The second-order valence-corrected chi connectivity index (χ2v) is 4.56. The first-order valence-corrected chi connectivity index (χ1v) is 4.44. The lowest BCUT2D eigenvalue weighted by Gasteiger charge is -2.17. The standard InChI is InChI=1S/C10H18N2/c1-10(2,3)6-5-9-7-11-8-12(9)4/h7-8H,5-6H2,1-4H3. The number of aryl methyl sites for hydroxylation is 2. The van der Waals surface area contributed by atoms with Gasteiger partial charge in [-0.3, -0.25) is 0 Å². The smallest absolute Gasteiger partial charge is 0.0945 e. The van der Waals surface area contributed by atoms with E-state index in [1.165, 1.54) is 12.1 Å². The Bertz CT molecular complexity index is 243. The number of nitrogens with zero attached hydrogens (tertiary/aromatic N) is 2. The first-order valence-electron chi connectivity index (χ1n) is 4.44. The summed E-state index contributed by atoms with van der Waals surface area (Å²) in [7, 11) is 2.05. The van der Waals surface area contributed by atoms with Crippen molar-refractivity contribution in [2.75, 3.05) is 0 Å². The molecule has 0 unspecified atom stereocenters. The fourth-order valence-electron chi connectivity index (χ4n) is 1.13. The lowest BCUT2D eigenvalue weighted by atomic mass is 9.90. The van der Waals surface area contributed by atoms with Crippen molar-refractivity contribution in [3.8, 4) is 0 Å². The van der Waals surface area contributed by atoms with Gasteiger partial charge in [-0.1, -0.05) is 20.8 Å². The number of aromatic nitrogens is 2. The summed E-state index contributed by atoms with van der Waals surface area (Å²) < 4.78 is 2.09. The predicted octanol–water partition coefficient (Wildman–Crippen LogP) is 2.40. The summed E-state index contributed by atoms with van der Waals surface area (Å²) in [6.45, 7) is 6.80. The van der Waals surface area contributed by atoms with Crippen LogP contribution in [0, 0.1) is 5.41 Å². The molecule has 0 aliphatic rings. The number of hydrogen-bond acceptors (Lipinski definition) is 1. The molecule has 1 aromatic heterocycles. The minimum absolute atomic E-state index is 0.421.